The quantitative estimate of drug-likeness (QED) is 0.777. The first kappa shape index (κ1) is 11.7. The van der Waals surface area contributed by atoms with Gasteiger partial charge in [0.25, 0.3) is 0 Å². The molecule has 19 heavy (non-hydrogen) atoms. The van der Waals surface area contributed by atoms with E-state index in [-0.39, 0.29) is 0 Å². The van der Waals surface area contributed by atoms with Crippen LogP contribution in [0.2, 0.25) is 0 Å². The first-order valence-electron chi connectivity index (χ1n) is 6.53. The highest BCUT2D eigenvalue weighted by atomic mass is 15.2. The molecular weight excluding hydrogens is 234 g/mol. The molecule has 1 aliphatic rings. The number of anilines is 2. The SMILES string of the molecule is CC1CCc2ccccc2N1c1ccc(C#N)nc1. The van der Waals surface area contributed by atoms with Crippen molar-refractivity contribution in [3.05, 3.63) is 53.9 Å². The average Bonchev–Trinajstić information content (AvgIpc) is 2.47. The van der Waals surface area contributed by atoms with E-state index in [1.165, 1.54) is 11.3 Å². The second kappa shape index (κ2) is 4.74. The maximum absolute atomic E-state index is 8.82. The molecule has 0 bridgehead atoms. The Labute approximate surface area is 113 Å². The number of benzene rings is 1. The molecule has 0 amide bonds. The van der Waals surface area contributed by atoms with Crippen molar-refractivity contribution >= 4 is 11.4 Å². The number of aryl methyl sites for hydroxylation is 1. The standard InChI is InChI=1S/C16H15N3/c1-12-6-7-13-4-2-3-5-16(13)19(12)15-9-8-14(10-17)18-11-15/h2-5,8-9,11-12H,6-7H2,1H3. The Morgan fingerprint density at radius 2 is 2.11 bits per heavy atom. The van der Waals surface area contributed by atoms with Crippen molar-refractivity contribution in [1.29, 1.82) is 5.26 Å². The molecule has 0 aliphatic carbocycles. The summed E-state index contributed by atoms with van der Waals surface area (Å²) in [6.07, 6.45) is 4.05. The van der Waals surface area contributed by atoms with Gasteiger partial charge in [0.05, 0.1) is 11.9 Å². The van der Waals surface area contributed by atoms with Crippen LogP contribution in [0.4, 0.5) is 11.4 Å². The van der Waals surface area contributed by atoms with E-state index in [1.807, 2.05) is 6.07 Å². The first-order chi connectivity index (χ1) is 9.29. The van der Waals surface area contributed by atoms with E-state index >= 15 is 0 Å². The summed E-state index contributed by atoms with van der Waals surface area (Å²) in [6.45, 7) is 2.23. The normalized spacial score (nSPS) is 17.7. The van der Waals surface area contributed by atoms with E-state index in [1.54, 1.807) is 12.3 Å². The minimum atomic E-state index is 0.449. The second-order valence-corrected chi connectivity index (χ2v) is 4.90. The van der Waals surface area contributed by atoms with E-state index in [4.69, 9.17) is 5.26 Å². The van der Waals surface area contributed by atoms with Crippen molar-refractivity contribution in [2.45, 2.75) is 25.8 Å². The maximum Gasteiger partial charge on any atom is 0.140 e. The van der Waals surface area contributed by atoms with Crippen LogP contribution < -0.4 is 4.90 Å². The first-order valence-corrected chi connectivity index (χ1v) is 6.53. The van der Waals surface area contributed by atoms with E-state index in [0.29, 0.717) is 11.7 Å². The molecule has 0 saturated carbocycles. The fraction of sp³-hybridized carbons (Fsp3) is 0.250. The van der Waals surface area contributed by atoms with Crippen LogP contribution in [0.15, 0.2) is 42.6 Å². The summed E-state index contributed by atoms with van der Waals surface area (Å²) in [5, 5.41) is 8.82. The molecule has 3 heteroatoms. The highest BCUT2D eigenvalue weighted by Gasteiger charge is 2.24. The summed E-state index contributed by atoms with van der Waals surface area (Å²) in [5.41, 5.74) is 4.15. The molecule has 94 valence electrons. The van der Waals surface area contributed by atoms with E-state index in [2.05, 4.69) is 47.1 Å². The fourth-order valence-electron chi connectivity index (χ4n) is 2.68. The molecule has 1 unspecified atom stereocenters. The number of aromatic nitrogens is 1. The van der Waals surface area contributed by atoms with E-state index in [9.17, 15) is 0 Å². The van der Waals surface area contributed by atoms with Gasteiger partial charge in [-0.1, -0.05) is 18.2 Å². The van der Waals surface area contributed by atoms with Crippen molar-refractivity contribution in [3.8, 4) is 6.07 Å². The number of hydrogen-bond acceptors (Lipinski definition) is 3. The third kappa shape index (κ3) is 2.06. The van der Waals surface area contributed by atoms with Crippen LogP contribution >= 0.6 is 0 Å². The van der Waals surface area contributed by atoms with Crippen molar-refractivity contribution in [3.63, 3.8) is 0 Å². The molecule has 0 radical (unpaired) electrons. The molecule has 1 aromatic heterocycles. The van der Waals surface area contributed by atoms with Gasteiger partial charge in [0.2, 0.25) is 0 Å². The molecule has 2 aromatic rings. The summed E-state index contributed by atoms with van der Waals surface area (Å²) in [6, 6.07) is 14.8. The molecule has 0 N–H and O–H groups in total. The predicted octanol–water partition coefficient (Wildman–Crippen LogP) is 3.43. The van der Waals surface area contributed by atoms with Crippen molar-refractivity contribution in [2.24, 2.45) is 0 Å². The number of rotatable bonds is 1. The van der Waals surface area contributed by atoms with Crippen LogP contribution in [0, 0.1) is 11.3 Å². The van der Waals surface area contributed by atoms with Gasteiger partial charge in [-0.25, -0.2) is 4.98 Å². The largest absolute Gasteiger partial charge is 0.337 e. The number of nitrogens with zero attached hydrogens (tertiary/aromatic N) is 3. The lowest BCUT2D eigenvalue weighted by Gasteiger charge is -2.36. The molecule has 0 spiro atoms. The maximum atomic E-state index is 8.82. The Balaban J connectivity index is 2.05. The summed E-state index contributed by atoms with van der Waals surface area (Å²) >= 11 is 0. The summed E-state index contributed by atoms with van der Waals surface area (Å²) in [7, 11) is 0. The third-order valence-corrected chi connectivity index (χ3v) is 3.66. The Morgan fingerprint density at radius 1 is 1.26 bits per heavy atom. The van der Waals surface area contributed by atoms with Crippen molar-refractivity contribution < 1.29 is 0 Å². The highest BCUT2D eigenvalue weighted by molar-refractivity contribution is 5.68. The topological polar surface area (TPSA) is 39.9 Å². The van der Waals surface area contributed by atoms with Gasteiger partial charge in [0, 0.05) is 11.7 Å². The Hall–Kier alpha value is -2.34. The van der Waals surface area contributed by atoms with Gasteiger partial charge in [0.1, 0.15) is 11.8 Å². The average molecular weight is 249 g/mol. The lowest BCUT2D eigenvalue weighted by Crippen LogP contribution is -2.33. The number of fused-ring (bicyclic) bond motifs is 1. The number of hydrogen-bond donors (Lipinski definition) is 0. The van der Waals surface area contributed by atoms with Crippen LogP contribution in [0.1, 0.15) is 24.6 Å². The van der Waals surface area contributed by atoms with Crippen LogP contribution in [-0.2, 0) is 6.42 Å². The molecule has 2 heterocycles. The van der Waals surface area contributed by atoms with Gasteiger partial charge in [-0.2, -0.15) is 5.26 Å². The van der Waals surface area contributed by atoms with Gasteiger partial charge in [-0.3, -0.25) is 0 Å². The van der Waals surface area contributed by atoms with Crippen LogP contribution in [0.25, 0.3) is 0 Å². The van der Waals surface area contributed by atoms with Gasteiger partial charge in [0.15, 0.2) is 0 Å². The zero-order valence-electron chi connectivity index (χ0n) is 10.9. The second-order valence-electron chi connectivity index (χ2n) is 4.90. The number of para-hydroxylation sites is 1. The number of nitriles is 1. The molecule has 3 nitrogen and oxygen atoms in total. The smallest absolute Gasteiger partial charge is 0.140 e. The van der Waals surface area contributed by atoms with Gasteiger partial charge >= 0.3 is 0 Å². The zero-order valence-corrected chi connectivity index (χ0v) is 10.9. The molecule has 1 aliphatic heterocycles. The van der Waals surface area contributed by atoms with E-state index < -0.39 is 0 Å². The van der Waals surface area contributed by atoms with Crippen LogP contribution in [0.3, 0.4) is 0 Å². The minimum Gasteiger partial charge on any atom is -0.337 e. The van der Waals surface area contributed by atoms with Crippen molar-refractivity contribution in [1.82, 2.24) is 4.98 Å². The van der Waals surface area contributed by atoms with Gasteiger partial charge in [-0.05, 0) is 43.5 Å². The monoisotopic (exact) mass is 249 g/mol. The molecule has 0 saturated heterocycles. The van der Waals surface area contributed by atoms with Crippen LogP contribution in [0.5, 0.6) is 0 Å². The zero-order chi connectivity index (χ0) is 13.2. The lowest BCUT2D eigenvalue weighted by molar-refractivity contribution is 0.617. The summed E-state index contributed by atoms with van der Waals surface area (Å²) in [5.74, 6) is 0. The Bertz CT molecular complexity index is 625. The van der Waals surface area contributed by atoms with Gasteiger partial charge in [-0.15, -0.1) is 0 Å². The highest BCUT2D eigenvalue weighted by Crippen LogP contribution is 2.36. The Kier molecular flexibility index (Phi) is 2.92. The summed E-state index contributed by atoms with van der Waals surface area (Å²) < 4.78 is 0. The van der Waals surface area contributed by atoms with Gasteiger partial charge < -0.3 is 4.90 Å². The van der Waals surface area contributed by atoms with Crippen LogP contribution in [-0.4, -0.2) is 11.0 Å². The lowest BCUT2D eigenvalue weighted by atomic mass is 9.96. The van der Waals surface area contributed by atoms with Crippen molar-refractivity contribution in [2.75, 3.05) is 4.90 Å². The third-order valence-electron chi connectivity index (χ3n) is 3.66. The molecule has 1 aromatic carbocycles. The van der Waals surface area contributed by atoms with E-state index in [0.717, 1.165) is 18.5 Å². The molecule has 3 rings (SSSR count). The minimum absolute atomic E-state index is 0.449. The molecular formula is C16H15N3. The molecule has 1 atom stereocenters. The molecule has 0 fully saturated rings. The Morgan fingerprint density at radius 3 is 2.84 bits per heavy atom. The fourth-order valence-corrected chi connectivity index (χ4v) is 2.68. The number of pyridine rings is 1. The predicted molar refractivity (Wildman–Crippen MR) is 75.3 cm³/mol. The summed E-state index contributed by atoms with van der Waals surface area (Å²) in [4.78, 5) is 6.49.